The minimum absolute atomic E-state index is 0. The Morgan fingerprint density at radius 1 is 0.833 bits per heavy atom. The van der Waals surface area contributed by atoms with Crippen molar-refractivity contribution in [2.75, 3.05) is 96.8 Å². The molecule has 0 unspecified atom stereocenters. The van der Waals surface area contributed by atoms with Crippen LogP contribution in [0, 0.1) is 11.7 Å². The summed E-state index contributed by atoms with van der Waals surface area (Å²) >= 11 is 5.79. The molecule has 3 saturated heterocycles. The van der Waals surface area contributed by atoms with Crippen molar-refractivity contribution in [1.29, 1.82) is 0 Å². The number of benzene rings is 3. The Kier molecular flexibility index (Phi) is 17.7. The van der Waals surface area contributed by atoms with Crippen LogP contribution in [-0.4, -0.2) is 164 Å². The zero-order valence-electron chi connectivity index (χ0n) is 37.7. The quantitative estimate of drug-likeness (QED) is 0.101. The van der Waals surface area contributed by atoms with Gasteiger partial charge in [0.15, 0.2) is 12.0 Å². The molecule has 17 heteroatoms. The van der Waals surface area contributed by atoms with Gasteiger partial charge in [-0.15, -0.1) is 11.6 Å². The van der Waals surface area contributed by atoms with Gasteiger partial charge in [-0.05, 0) is 73.2 Å². The van der Waals surface area contributed by atoms with Crippen LogP contribution in [0.15, 0.2) is 83.8 Å². The van der Waals surface area contributed by atoms with Crippen LogP contribution in [0.1, 0.15) is 57.4 Å². The van der Waals surface area contributed by atoms with Crippen molar-refractivity contribution in [2.45, 2.75) is 32.6 Å². The van der Waals surface area contributed by atoms with Crippen LogP contribution in [0.5, 0.6) is 0 Å². The van der Waals surface area contributed by atoms with Gasteiger partial charge in [0.05, 0.1) is 28.9 Å². The Morgan fingerprint density at radius 3 is 2.24 bits per heavy atom. The van der Waals surface area contributed by atoms with E-state index in [0.717, 1.165) is 100 Å². The molecule has 2 aromatic heterocycles. The third kappa shape index (κ3) is 12.7. The average Bonchev–Trinajstić information content (AvgIpc) is 3.34. The number of likely N-dealkylation sites (N-methyl/N-ethyl adjacent to an activating group) is 1. The van der Waals surface area contributed by atoms with Crippen LogP contribution in [-0.2, 0) is 22.4 Å². The van der Waals surface area contributed by atoms with E-state index in [-0.39, 0.29) is 48.8 Å². The van der Waals surface area contributed by atoms with Crippen LogP contribution in [0.2, 0.25) is 0 Å². The summed E-state index contributed by atoms with van der Waals surface area (Å²) in [6.45, 7) is 12.3. The molecule has 5 aromatic rings. The molecule has 3 aromatic carbocycles. The lowest BCUT2D eigenvalue weighted by atomic mass is 9.95. The van der Waals surface area contributed by atoms with E-state index in [1.807, 2.05) is 40.1 Å². The number of halogens is 2. The zero-order chi connectivity index (χ0) is 45.9. The number of hydrogen-bond acceptors (Lipinski definition) is 10. The van der Waals surface area contributed by atoms with E-state index in [9.17, 15) is 28.4 Å². The van der Waals surface area contributed by atoms with Gasteiger partial charge in [-0.2, -0.15) is 5.10 Å². The Balaban J connectivity index is 0.000000273. The average molecular weight is 917 g/mol. The monoisotopic (exact) mass is 916 g/mol. The number of aryl methyl sites for hydroxylation is 1. The molecule has 0 atom stereocenters. The number of hydrogen-bond donors (Lipinski definition) is 2. The number of fused-ring (bicyclic) bond motifs is 1. The van der Waals surface area contributed by atoms with Gasteiger partial charge in [0, 0.05) is 104 Å². The van der Waals surface area contributed by atoms with Gasteiger partial charge >= 0.3 is 0 Å². The van der Waals surface area contributed by atoms with E-state index in [4.69, 9.17) is 11.6 Å². The van der Waals surface area contributed by atoms with Gasteiger partial charge in [-0.3, -0.25) is 28.9 Å². The Labute approximate surface area is 392 Å². The number of likely N-dealkylation sites (tertiary alicyclic amines) is 1. The summed E-state index contributed by atoms with van der Waals surface area (Å²) in [5.41, 5.74) is 4.87. The van der Waals surface area contributed by atoms with Gasteiger partial charge in [-0.25, -0.2) is 14.5 Å². The SMILES string of the molecule is CCc1cccc(-c2cnc(C(=O)N3CCC(CN4CCN(CC(=O)N5CCN(C)CC5)CC4)CC3)c(NC(=O)CCl)c2)c1.O=Cc1cc(Cc2n[nH]c(=O)c3ccccc23)ccc1F.[B]. The number of H-pyrrole nitrogens is 1. The van der Waals surface area contributed by atoms with E-state index >= 15 is 0 Å². The van der Waals surface area contributed by atoms with Crippen LogP contribution in [0.25, 0.3) is 21.9 Å². The number of piperidine rings is 1. The van der Waals surface area contributed by atoms with Crippen LogP contribution in [0.4, 0.5) is 10.1 Å². The van der Waals surface area contributed by atoms with Crippen molar-refractivity contribution < 1.29 is 23.6 Å². The maximum Gasteiger partial charge on any atom is 0.274 e. The Morgan fingerprint density at radius 2 is 1.55 bits per heavy atom. The number of pyridine rings is 1. The number of carbonyl (C=O) groups excluding carboxylic acids is 4. The van der Waals surface area contributed by atoms with Crippen molar-refractivity contribution in [3.8, 4) is 11.1 Å². The lowest BCUT2D eigenvalue weighted by molar-refractivity contribution is -0.134. The molecule has 0 bridgehead atoms. The number of piperazine rings is 2. The molecule has 66 heavy (non-hydrogen) atoms. The molecule has 345 valence electrons. The summed E-state index contributed by atoms with van der Waals surface area (Å²) in [7, 11) is 2.10. The summed E-state index contributed by atoms with van der Waals surface area (Å²) in [6.07, 6.45) is 5.37. The molecular formula is C49H57BClFN9O5. The number of rotatable bonds is 12. The fourth-order valence-electron chi connectivity index (χ4n) is 8.65. The first-order valence-corrected chi connectivity index (χ1v) is 22.9. The third-order valence-corrected chi connectivity index (χ3v) is 12.8. The summed E-state index contributed by atoms with van der Waals surface area (Å²) in [4.78, 5) is 76.6. The fraction of sp³-hybridized carbons (Fsp3) is 0.408. The molecule has 3 fully saturated rings. The van der Waals surface area contributed by atoms with E-state index in [1.165, 1.54) is 17.7 Å². The van der Waals surface area contributed by atoms with Crippen molar-refractivity contribution >= 4 is 60.5 Å². The largest absolute Gasteiger partial charge is 0.339 e. The molecule has 0 aliphatic carbocycles. The topological polar surface area (TPSA) is 155 Å². The number of carbonyl (C=O) groups is 4. The first-order chi connectivity index (χ1) is 31.5. The predicted octanol–water partition coefficient (Wildman–Crippen LogP) is 4.82. The molecular weight excluding hydrogens is 860 g/mol. The minimum atomic E-state index is -0.548. The Hall–Kier alpha value is -5.81. The van der Waals surface area contributed by atoms with Gasteiger partial charge in [0.2, 0.25) is 11.8 Å². The third-order valence-electron chi connectivity index (χ3n) is 12.6. The molecule has 3 radical (unpaired) electrons. The molecule has 5 heterocycles. The normalized spacial score (nSPS) is 16.2. The second-order valence-electron chi connectivity index (χ2n) is 17.0. The maximum absolute atomic E-state index is 13.6. The molecule has 3 amide bonds. The van der Waals surface area contributed by atoms with Gasteiger partial charge in [-0.1, -0.05) is 55.5 Å². The number of anilines is 1. The molecule has 8 rings (SSSR count). The maximum atomic E-state index is 13.6. The Bertz CT molecular complexity index is 2540. The number of nitrogens with zero attached hydrogens (tertiary/aromatic N) is 7. The second kappa shape index (κ2) is 23.6. The number of aldehydes is 1. The van der Waals surface area contributed by atoms with Crippen molar-refractivity contribution in [2.24, 2.45) is 5.92 Å². The molecule has 3 aliphatic heterocycles. The highest BCUT2D eigenvalue weighted by Gasteiger charge is 2.30. The van der Waals surface area contributed by atoms with Crippen molar-refractivity contribution in [3.63, 3.8) is 0 Å². The molecule has 3 aliphatic rings. The first-order valence-electron chi connectivity index (χ1n) is 22.4. The lowest BCUT2D eigenvalue weighted by Gasteiger charge is -2.39. The van der Waals surface area contributed by atoms with E-state index < -0.39 is 5.82 Å². The van der Waals surface area contributed by atoms with Crippen molar-refractivity contribution in [3.05, 3.63) is 123 Å². The van der Waals surface area contributed by atoms with Gasteiger partial charge < -0.3 is 24.9 Å². The number of nitrogens with one attached hydrogen (secondary N) is 2. The molecule has 14 nitrogen and oxygen atoms in total. The summed E-state index contributed by atoms with van der Waals surface area (Å²) < 4.78 is 13.3. The van der Waals surface area contributed by atoms with Gasteiger partial charge in [0.1, 0.15) is 11.7 Å². The summed E-state index contributed by atoms with van der Waals surface area (Å²) in [6, 6.07) is 21.5. The van der Waals surface area contributed by atoms with Crippen molar-refractivity contribution in [1.82, 2.24) is 39.7 Å². The number of alkyl halides is 1. The van der Waals surface area contributed by atoms with Crippen LogP contribution >= 0.6 is 11.6 Å². The lowest BCUT2D eigenvalue weighted by Crippen LogP contribution is -2.53. The fourth-order valence-corrected chi connectivity index (χ4v) is 8.71. The van der Waals surface area contributed by atoms with E-state index in [1.54, 1.807) is 24.4 Å². The minimum Gasteiger partial charge on any atom is -0.339 e. The predicted molar refractivity (Wildman–Crippen MR) is 257 cm³/mol. The van der Waals surface area contributed by atoms with E-state index in [0.29, 0.717) is 55.0 Å². The second-order valence-corrected chi connectivity index (χ2v) is 17.3. The highest BCUT2D eigenvalue weighted by molar-refractivity contribution is 6.29. The molecule has 0 saturated carbocycles. The summed E-state index contributed by atoms with van der Waals surface area (Å²) in [5.74, 6) is -0.508. The molecule has 2 N–H and O–H groups in total. The zero-order valence-corrected chi connectivity index (χ0v) is 38.4. The smallest absolute Gasteiger partial charge is 0.274 e. The highest BCUT2D eigenvalue weighted by atomic mass is 35.5. The highest BCUT2D eigenvalue weighted by Crippen LogP contribution is 2.28. The summed E-state index contributed by atoms with van der Waals surface area (Å²) in [5, 5.41) is 10.6. The number of amides is 3. The molecule has 0 spiro atoms. The number of aromatic amines is 1. The number of aromatic nitrogens is 3. The van der Waals surface area contributed by atoms with E-state index in [2.05, 4.69) is 61.3 Å². The standard InChI is InChI=1S/C33H46ClN7O3.C16H11FN2O2.B/c1-3-25-5-4-6-27(19-25)28-20-29(36-30(42)21-34)32(35-22-28)33(44)41-9-7-26(8-10-41)23-38-13-15-39(16-14-38)24-31(43)40-17-11-37(2)12-18-40;17-14-6-5-10(7-11(14)9-20)8-15-12-3-1-2-4-13(12)16(21)19-18-15;/h4-6,19-20,22,26H,3,7-18,21,23-24H2,1-2H3,(H,36,42);1-7,9H,8H2,(H,19,21);. The van der Waals surface area contributed by atoms with Gasteiger partial charge in [0.25, 0.3) is 11.5 Å². The first kappa shape index (κ1) is 49.6. The van der Waals surface area contributed by atoms with Crippen LogP contribution < -0.4 is 10.9 Å². The van der Waals surface area contributed by atoms with Crippen LogP contribution in [0.3, 0.4) is 0 Å².